The van der Waals surface area contributed by atoms with Crippen LogP contribution in [-0.4, -0.2) is 25.1 Å². The molecular formula is C11H10N6O3. The molecule has 1 aromatic carbocycles. The summed E-state index contributed by atoms with van der Waals surface area (Å²) in [6, 6.07) is 4.53. The second-order valence-electron chi connectivity index (χ2n) is 4.14. The summed E-state index contributed by atoms with van der Waals surface area (Å²) in [5, 5.41) is 20.3. The zero-order valence-corrected chi connectivity index (χ0v) is 10.4. The third-order valence-corrected chi connectivity index (χ3v) is 2.78. The number of rotatable bonds is 4. The van der Waals surface area contributed by atoms with Gasteiger partial charge in [-0.05, 0) is 13.0 Å². The van der Waals surface area contributed by atoms with Crippen LogP contribution in [0.2, 0.25) is 0 Å². The molecule has 20 heavy (non-hydrogen) atoms. The minimum absolute atomic E-state index is 0.0911. The molecule has 9 nitrogen and oxygen atoms in total. The van der Waals surface area contributed by atoms with E-state index in [9.17, 15) is 10.1 Å². The van der Waals surface area contributed by atoms with E-state index in [1.807, 2.05) is 6.92 Å². The number of H-pyrrole nitrogens is 1. The van der Waals surface area contributed by atoms with Crippen LogP contribution in [-0.2, 0) is 0 Å². The lowest BCUT2D eigenvalue weighted by Crippen LogP contribution is -2.08. The molecule has 1 unspecified atom stereocenters. The van der Waals surface area contributed by atoms with Crippen LogP contribution in [0.1, 0.15) is 18.8 Å². The highest BCUT2D eigenvalue weighted by molar-refractivity contribution is 5.84. The minimum Gasteiger partial charge on any atom is -0.423 e. The van der Waals surface area contributed by atoms with Crippen molar-refractivity contribution in [3.05, 3.63) is 40.5 Å². The number of fused-ring (bicyclic) bond motifs is 1. The molecule has 102 valence electrons. The van der Waals surface area contributed by atoms with Crippen molar-refractivity contribution in [2.75, 3.05) is 5.32 Å². The Labute approximate surface area is 112 Å². The Morgan fingerprint density at radius 3 is 3.05 bits per heavy atom. The third kappa shape index (κ3) is 2.05. The molecule has 0 radical (unpaired) electrons. The predicted molar refractivity (Wildman–Crippen MR) is 69.1 cm³/mol. The molecule has 1 atom stereocenters. The van der Waals surface area contributed by atoms with Crippen LogP contribution in [0.3, 0.4) is 0 Å². The maximum atomic E-state index is 10.9. The summed E-state index contributed by atoms with van der Waals surface area (Å²) in [5.74, 6) is 0.613. The summed E-state index contributed by atoms with van der Waals surface area (Å²) in [6.45, 7) is 1.84. The van der Waals surface area contributed by atoms with Gasteiger partial charge in [-0.3, -0.25) is 15.2 Å². The minimum atomic E-state index is -0.492. The Balaban J connectivity index is 1.93. The van der Waals surface area contributed by atoms with Crippen LogP contribution < -0.4 is 5.32 Å². The Morgan fingerprint density at radius 2 is 2.35 bits per heavy atom. The summed E-state index contributed by atoms with van der Waals surface area (Å²) in [6.07, 6.45) is 1.39. The monoisotopic (exact) mass is 274 g/mol. The summed E-state index contributed by atoms with van der Waals surface area (Å²) in [5.41, 5.74) is 0.475. The van der Waals surface area contributed by atoms with E-state index >= 15 is 0 Å². The van der Waals surface area contributed by atoms with Crippen molar-refractivity contribution in [1.82, 2.24) is 20.2 Å². The number of nitrogens with one attached hydrogen (secondary N) is 2. The fraction of sp³-hybridized carbons (Fsp3) is 0.182. The number of nitro groups is 1. The summed E-state index contributed by atoms with van der Waals surface area (Å²) >= 11 is 0. The first-order valence-electron chi connectivity index (χ1n) is 5.81. The quantitative estimate of drug-likeness (QED) is 0.551. The van der Waals surface area contributed by atoms with Gasteiger partial charge in [-0.1, -0.05) is 6.07 Å². The van der Waals surface area contributed by atoms with Crippen molar-refractivity contribution in [2.24, 2.45) is 0 Å². The van der Waals surface area contributed by atoms with Gasteiger partial charge >= 0.3 is 0 Å². The van der Waals surface area contributed by atoms with Crippen LogP contribution in [0.4, 0.5) is 11.7 Å². The Morgan fingerprint density at radius 1 is 1.50 bits per heavy atom. The molecule has 0 aliphatic carbocycles. The largest absolute Gasteiger partial charge is 0.423 e. The number of oxazole rings is 1. The van der Waals surface area contributed by atoms with Crippen LogP contribution in [0, 0.1) is 10.1 Å². The zero-order chi connectivity index (χ0) is 14.1. The molecule has 0 spiro atoms. The molecule has 0 bridgehead atoms. The fourth-order valence-corrected chi connectivity index (χ4v) is 1.82. The number of aromatic amines is 1. The van der Waals surface area contributed by atoms with E-state index in [1.165, 1.54) is 12.4 Å². The van der Waals surface area contributed by atoms with Gasteiger partial charge in [0.15, 0.2) is 11.1 Å². The van der Waals surface area contributed by atoms with Crippen molar-refractivity contribution in [2.45, 2.75) is 13.0 Å². The molecule has 0 saturated carbocycles. The van der Waals surface area contributed by atoms with Gasteiger partial charge in [0, 0.05) is 6.07 Å². The second kappa shape index (κ2) is 4.61. The lowest BCUT2D eigenvalue weighted by molar-refractivity contribution is -0.383. The smallest absolute Gasteiger partial charge is 0.298 e. The first kappa shape index (κ1) is 12.1. The zero-order valence-electron chi connectivity index (χ0n) is 10.4. The van der Waals surface area contributed by atoms with Gasteiger partial charge in [-0.2, -0.15) is 10.1 Å². The normalized spacial score (nSPS) is 12.4. The van der Waals surface area contributed by atoms with Crippen molar-refractivity contribution in [1.29, 1.82) is 0 Å². The van der Waals surface area contributed by atoms with Gasteiger partial charge in [0.05, 0.1) is 11.0 Å². The topological polar surface area (TPSA) is 123 Å². The molecule has 0 amide bonds. The van der Waals surface area contributed by atoms with E-state index < -0.39 is 4.92 Å². The lowest BCUT2D eigenvalue weighted by atomic mass is 10.3. The molecule has 0 aliphatic rings. The van der Waals surface area contributed by atoms with Gasteiger partial charge < -0.3 is 9.73 Å². The van der Waals surface area contributed by atoms with E-state index in [-0.39, 0.29) is 23.3 Å². The molecule has 0 aliphatic heterocycles. The van der Waals surface area contributed by atoms with Crippen LogP contribution in [0.25, 0.3) is 11.1 Å². The maximum absolute atomic E-state index is 10.9. The number of benzene rings is 1. The second-order valence-corrected chi connectivity index (χ2v) is 4.14. The number of anilines is 1. The van der Waals surface area contributed by atoms with E-state index in [4.69, 9.17) is 4.42 Å². The summed E-state index contributed by atoms with van der Waals surface area (Å²) < 4.78 is 5.44. The van der Waals surface area contributed by atoms with E-state index in [1.54, 1.807) is 12.1 Å². The predicted octanol–water partition coefficient (Wildman–Crippen LogP) is 2.03. The maximum Gasteiger partial charge on any atom is 0.298 e. The van der Waals surface area contributed by atoms with Crippen molar-refractivity contribution < 1.29 is 9.34 Å². The number of non-ortho nitro benzene ring substituents is 1. The Kier molecular flexibility index (Phi) is 2.78. The van der Waals surface area contributed by atoms with Crippen molar-refractivity contribution >= 4 is 22.8 Å². The molecule has 2 N–H and O–H groups in total. The number of para-hydroxylation sites is 1. The van der Waals surface area contributed by atoms with E-state index in [0.29, 0.717) is 11.4 Å². The summed E-state index contributed by atoms with van der Waals surface area (Å²) in [4.78, 5) is 18.5. The number of hydrogen-bond donors (Lipinski definition) is 2. The molecule has 0 fully saturated rings. The highest BCUT2D eigenvalue weighted by Gasteiger charge is 2.19. The van der Waals surface area contributed by atoms with Gasteiger partial charge in [-0.25, -0.2) is 4.98 Å². The van der Waals surface area contributed by atoms with Gasteiger partial charge in [0.2, 0.25) is 0 Å². The highest BCUT2D eigenvalue weighted by atomic mass is 16.6. The fourth-order valence-electron chi connectivity index (χ4n) is 1.82. The third-order valence-electron chi connectivity index (χ3n) is 2.78. The average molecular weight is 274 g/mol. The molecule has 0 saturated heterocycles. The number of aromatic nitrogens is 4. The molecule has 9 heteroatoms. The Hall–Kier alpha value is -2.97. The first-order valence-corrected chi connectivity index (χ1v) is 5.81. The van der Waals surface area contributed by atoms with Crippen molar-refractivity contribution in [3.63, 3.8) is 0 Å². The molecule has 3 aromatic rings. The van der Waals surface area contributed by atoms with E-state index in [2.05, 4.69) is 25.5 Å². The van der Waals surface area contributed by atoms with Gasteiger partial charge in [-0.15, -0.1) is 0 Å². The standard InChI is InChI=1S/C11H10N6O3/c1-6(10-12-5-13-16-10)14-11-15-9-7(17(18)19)3-2-4-8(9)20-11/h2-6H,1H3,(H,14,15)(H,12,13,16). The molecule has 2 heterocycles. The van der Waals surface area contributed by atoms with Gasteiger partial charge in [0.1, 0.15) is 12.2 Å². The SMILES string of the molecule is CC(Nc1nc2c([N+](=O)[O-])cccc2o1)c1ncn[nH]1. The molecule has 3 rings (SSSR count). The average Bonchev–Trinajstić information content (AvgIpc) is 3.06. The molecular weight excluding hydrogens is 264 g/mol. The van der Waals surface area contributed by atoms with Crippen LogP contribution in [0.15, 0.2) is 28.9 Å². The molecule has 2 aromatic heterocycles. The number of hydrogen-bond acceptors (Lipinski definition) is 7. The van der Waals surface area contributed by atoms with Crippen LogP contribution in [0.5, 0.6) is 0 Å². The van der Waals surface area contributed by atoms with Crippen LogP contribution >= 0.6 is 0 Å². The van der Waals surface area contributed by atoms with E-state index in [0.717, 1.165) is 0 Å². The lowest BCUT2D eigenvalue weighted by Gasteiger charge is -2.07. The summed E-state index contributed by atoms with van der Waals surface area (Å²) in [7, 11) is 0. The number of nitrogens with zero attached hydrogens (tertiary/aromatic N) is 4. The first-order chi connectivity index (χ1) is 9.65. The Bertz CT molecular complexity index is 751. The highest BCUT2D eigenvalue weighted by Crippen LogP contribution is 2.28. The number of nitro benzene ring substituents is 1. The van der Waals surface area contributed by atoms with Gasteiger partial charge in [0.25, 0.3) is 11.7 Å². The van der Waals surface area contributed by atoms with Crippen molar-refractivity contribution in [3.8, 4) is 0 Å².